The van der Waals surface area contributed by atoms with Crippen LogP contribution in [0.1, 0.15) is 49.9 Å². The molecule has 0 spiro atoms. The van der Waals surface area contributed by atoms with Gasteiger partial charge in [-0.2, -0.15) is 0 Å². The van der Waals surface area contributed by atoms with Gasteiger partial charge in [0, 0.05) is 0 Å². The molecule has 0 bridgehead atoms. The topological polar surface area (TPSA) is 0 Å². The summed E-state index contributed by atoms with van der Waals surface area (Å²) in [6.45, 7) is 9.37. The van der Waals surface area contributed by atoms with Crippen LogP contribution in [0.5, 0.6) is 0 Å². The van der Waals surface area contributed by atoms with E-state index in [-0.39, 0.29) is 0 Å². The molecule has 22 heavy (non-hydrogen) atoms. The van der Waals surface area contributed by atoms with Crippen molar-refractivity contribution in [3.63, 3.8) is 0 Å². The van der Waals surface area contributed by atoms with Crippen molar-refractivity contribution in [2.75, 3.05) is 0 Å². The summed E-state index contributed by atoms with van der Waals surface area (Å²) >= 11 is 3.21. The Labute approximate surface area is 163 Å². The normalized spacial score (nSPS) is 11.1. The maximum absolute atomic E-state index is 2.64. The van der Waals surface area contributed by atoms with Crippen molar-refractivity contribution in [3.8, 4) is 0 Å². The van der Waals surface area contributed by atoms with E-state index >= 15 is 0 Å². The number of benzene rings is 1. The van der Waals surface area contributed by atoms with Gasteiger partial charge in [-0.3, -0.25) is 0 Å². The van der Waals surface area contributed by atoms with Crippen LogP contribution in [-0.4, -0.2) is 59.8 Å². The van der Waals surface area contributed by atoms with Gasteiger partial charge in [0.2, 0.25) is 0 Å². The van der Waals surface area contributed by atoms with Crippen LogP contribution in [0.4, 0.5) is 0 Å². The Morgan fingerprint density at radius 3 is 0.909 bits per heavy atom. The fraction of sp³-hybridized carbons (Fsp3) is 0.667. The van der Waals surface area contributed by atoms with Crippen molar-refractivity contribution >= 4 is 59.8 Å². The van der Waals surface area contributed by atoms with E-state index < -0.39 is 0 Å². The maximum atomic E-state index is 2.64. The summed E-state index contributed by atoms with van der Waals surface area (Å²) in [4.78, 5) is 0. The molecule has 1 aromatic carbocycles. The summed E-state index contributed by atoms with van der Waals surface area (Å²) in [5, 5.41) is 11.0. The minimum absolute atomic E-state index is 0.802. The molecule has 1 aromatic rings. The molecule has 0 fully saturated rings. The Morgan fingerprint density at radius 1 is 0.500 bits per heavy atom. The molecule has 0 atom stereocenters. The van der Waals surface area contributed by atoms with Gasteiger partial charge in [0.25, 0.3) is 0 Å². The summed E-state index contributed by atoms with van der Waals surface area (Å²) in [6.07, 6.45) is 0. The molecule has 0 heterocycles. The summed E-state index contributed by atoms with van der Waals surface area (Å²) in [7, 11) is 0. The number of hydrogen-bond acceptors (Lipinski definition) is 0. The van der Waals surface area contributed by atoms with Gasteiger partial charge >= 0.3 is 164 Å². The molecule has 0 aliphatic rings. The Kier molecular flexibility index (Phi) is 13.2. The number of hydrogen-bond donors (Lipinski definition) is 0. The zero-order valence-corrected chi connectivity index (χ0v) is 21.3. The SMILES string of the molecule is CC[Se]Cc1cc(C[Se]CC)c(C[Se]CC)cc1C[Se]CC. The van der Waals surface area contributed by atoms with E-state index in [1.807, 2.05) is 0 Å². The van der Waals surface area contributed by atoms with Gasteiger partial charge < -0.3 is 0 Å². The van der Waals surface area contributed by atoms with E-state index in [2.05, 4.69) is 39.8 Å². The Morgan fingerprint density at radius 2 is 0.727 bits per heavy atom. The quantitative estimate of drug-likeness (QED) is 0.335. The third-order valence-corrected chi connectivity index (χ3v) is 11.1. The molecule has 0 saturated carbocycles. The molecular weight excluding hydrogens is 532 g/mol. The van der Waals surface area contributed by atoms with Gasteiger partial charge in [0.1, 0.15) is 0 Å². The summed E-state index contributed by atoms with van der Waals surface area (Å²) < 4.78 is 0. The van der Waals surface area contributed by atoms with E-state index in [0.29, 0.717) is 0 Å². The minimum atomic E-state index is 0.802. The van der Waals surface area contributed by atoms with Crippen molar-refractivity contribution in [3.05, 3.63) is 34.4 Å². The van der Waals surface area contributed by atoms with Crippen molar-refractivity contribution in [2.24, 2.45) is 0 Å². The Bertz CT molecular complexity index is 344. The summed E-state index contributed by atoms with van der Waals surface area (Å²) in [6, 6.07) is 5.27. The molecule has 0 aliphatic heterocycles. The third kappa shape index (κ3) is 7.91. The summed E-state index contributed by atoms with van der Waals surface area (Å²) in [5.41, 5.74) is 6.86. The first-order chi connectivity index (χ1) is 10.8. The molecule has 1 rings (SSSR count). The fourth-order valence-electron chi connectivity index (χ4n) is 2.18. The molecular formula is C18H30Se4. The molecule has 0 radical (unpaired) electrons. The molecule has 4 heteroatoms. The Balaban J connectivity index is 3.04. The first kappa shape index (κ1) is 21.3. The van der Waals surface area contributed by atoms with E-state index in [0.717, 1.165) is 59.8 Å². The molecule has 0 amide bonds. The molecule has 0 nitrogen and oxygen atoms in total. The second-order valence-electron chi connectivity index (χ2n) is 4.94. The van der Waals surface area contributed by atoms with Crippen molar-refractivity contribution in [1.82, 2.24) is 0 Å². The van der Waals surface area contributed by atoms with Gasteiger partial charge in [0.05, 0.1) is 0 Å². The van der Waals surface area contributed by atoms with Crippen LogP contribution < -0.4 is 0 Å². The molecule has 0 aliphatic carbocycles. The van der Waals surface area contributed by atoms with Gasteiger partial charge in [-0.15, -0.1) is 0 Å². The zero-order valence-electron chi connectivity index (χ0n) is 14.4. The second kappa shape index (κ2) is 13.6. The van der Waals surface area contributed by atoms with Crippen LogP contribution in [0.25, 0.3) is 0 Å². The van der Waals surface area contributed by atoms with E-state index in [1.165, 1.54) is 42.6 Å². The molecule has 0 aromatic heterocycles. The first-order valence-electron chi connectivity index (χ1n) is 8.21. The van der Waals surface area contributed by atoms with Crippen LogP contribution >= 0.6 is 0 Å². The molecule has 0 N–H and O–H groups in total. The first-order valence-corrected chi connectivity index (χ1v) is 17.9. The van der Waals surface area contributed by atoms with Crippen molar-refractivity contribution in [1.29, 1.82) is 0 Å². The average Bonchev–Trinajstić information content (AvgIpc) is 2.55. The number of rotatable bonds is 12. The van der Waals surface area contributed by atoms with E-state index in [1.54, 1.807) is 22.3 Å². The van der Waals surface area contributed by atoms with Crippen LogP contribution in [0.2, 0.25) is 21.3 Å². The Hall–Kier alpha value is 1.30. The van der Waals surface area contributed by atoms with Gasteiger partial charge in [-0.25, -0.2) is 0 Å². The van der Waals surface area contributed by atoms with E-state index in [4.69, 9.17) is 0 Å². The summed E-state index contributed by atoms with van der Waals surface area (Å²) in [5.74, 6) is 0. The second-order valence-corrected chi connectivity index (χ2v) is 15.6. The van der Waals surface area contributed by atoms with Crippen LogP contribution in [0.3, 0.4) is 0 Å². The van der Waals surface area contributed by atoms with Gasteiger partial charge in [-0.1, -0.05) is 0 Å². The molecule has 0 saturated heterocycles. The standard InChI is InChI=1S/C18H30Se4/c1-5-19-11-15-9-17(13-21-7-3)18(14-22-8-4)10-16(15)12-20-6-2/h9-10H,5-8,11-14H2,1-4H3. The molecule has 0 unspecified atom stereocenters. The predicted molar refractivity (Wildman–Crippen MR) is 106 cm³/mol. The third-order valence-electron chi connectivity index (χ3n) is 3.37. The molecule has 126 valence electrons. The van der Waals surface area contributed by atoms with Gasteiger partial charge in [0.15, 0.2) is 0 Å². The fourth-order valence-corrected chi connectivity index (χ4v) is 7.99. The van der Waals surface area contributed by atoms with Crippen molar-refractivity contribution in [2.45, 2.75) is 70.2 Å². The van der Waals surface area contributed by atoms with Crippen LogP contribution in [0, 0.1) is 0 Å². The van der Waals surface area contributed by atoms with Gasteiger partial charge in [-0.05, 0) is 0 Å². The average molecular weight is 562 g/mol. The van der Waals surface area contributed by atoms with Crippen LogP contribution in [0.15, 0.2) is 12.1 Å². The van der Waals surface area contributed by atoms with E-state index in [9.17, 15) is 0 Å². The zero-order chi connectivity index (χ0) is 16.2. The van der Waals surface area contributed by atoms with Crippen LogP contribution in [-0.2, 0) is 21.3 Å². The van der Waals surface area contributed by atoms with Crippen molar-refractivity contribution < 1.29 is 0 Å². The monoisotopic (exact) mass is 566 g/mol. The predicted octanol–water partition coefficient (Wildman–Crippen LogP) is 4.26.